The second-order valence-corrected chi connectivity index (χ2v) is 15.6. The number of nitrogens with zero attached hydrogens (tertiary/aromatic N) is 1. The third-order valence-corrected chi connectivity index (χ3v) is 11.3. The van der Waals surface area contributed by atoms with Gasteiger partial charge in [-0.05, 0) is 77.4 Å². The van der Waals surface area contributed by atoms with Crippen LogP contribution in [0, 0.1) is 0 Å². The molecule has 5 aromatic rings. The first-order valence-corrected chi connectivity index (χ1v) is 19.9. The van der Waals surface area contributed by atoms with Crippen LogP contribution in [0.2, 0.25) is 10.0 Å². The molecule has 0 aliphatic heterocycles. The molecule has 0 unspecified atom stereocenters. The molecule has 0 radical (unpaired) electrons. The summed E-state index contributed by atoms with van der Waals surface area (Å²) in [7, 11) is 6.55. The third-order valence-electron chi connectivity index (χ3n) is 7.85. The van der Waals surface area contributed by atoms with E-state index in [0.717, 1.165) is 59.4 Å². The van der Waals surface area contributed by atoms with Crippen molar-refractivity contribution in [2.75, 3.05) is 33.8 Å². The molecule has 0 aliphatic carbocycles. The number of carbonyl (C=O) groups is 1. The largest absolute Gasteiger partial charge is 0.497 e. The summed E-state index contributed by atoms with van der Waals surface area (Å²) < 4.78 is 24.6. The molecular weight excluding hydrogens is 981 g/mol. The fraction of sp³-hybridized carbons (Fsp3) is 0.205. The highest BCUT2D eigenvalue weighted by Crippen LogP contribution is 2.34. The van der Waals surface area contributed by atoms with Crippen molar-refractivity contribution in [2.45, 2.75) is 26.2 Å². The average Bonchev–Trinajstić information content (AvgIpc) is 3.15. The van der Waals surface area contributed by atoms with Gasteiger partial charge < -0.3 is 34.5 Å². The highest BCUT2D eigenvalue weighted by atomic mass is 79.9. The van der Waals surface area contributed by atoms with Gasteiger partial charge >= 0.3 is 6.03 Å². The summed E-state index contributed by atoms with van der Waals surface area (Å²) in [6.07, 6.45) is 0. The number of benzene rings is 5. The summed E-state index contributed by atoms with van der Waals surface area (Å²) in [5, 5.41) is 7.01. The monoisotopic (exact) mass is 1010 g/mol. The number of methoxy groups -OCH3 is 4. The van der Waals surface area contributed by atoms with Gasteiger partial charge in [-0.2, -0.15) is 0 Å². The van der Waals surface area contributed by atoms with Crippen LogP contribution in [0.15, 0.2) is 109 Å². The van der Waals surface area contributed by atoms with E-state index in [1.165, 1.54) is 11.1 Å². The Morgan fingerprint density at radius 3 is 1.47 bits per heavy atom. The molecule has 5 rings (SSSR count). The Morgan fingerprint density at radius 1 is 0.585 bits per heavy atom. The van der Waals surface area contributed by atoms with E-state index in [1.807, 2.05) is 60.7 Å². The maximum atomic E-state index is 13.3. The topological polar surface area (TPSA) is 81.3 Å². The minimum atomic E-state index is -0.342. The Morgan fingerprint density at radius 2 is 1.02 bits per heavy atom. The second kappa shape index (κ2) is 21.2. The van der Waals surface area contributed by atoms with Crippen molar-refractivity contribution < 1.29 is 23.7 Å². The Bertz CT molecular complexity index is 1920. The lowest BCUT2D eigenvalue weighted by Gasteiger charge is -2.25. The van der Waals surface area contributed by atoms with Crippen LogP contribution >= 0.6 is 86.9 Å². The van der Waals surface area contributed by atoms with Gasteiger partial charge in [-0.3, -0.25) is 0 Å². The van der Waals surface area contributed by atoms with E-state index < -0.39 is 0 Å². The summed E-state index contributed by atoms with van der Waals surface area (Å²) >= 11 is 26.8. The van der Waals surface area contributed by atoms with Crippen LogP contribution in [-0.4, -0.2) is 39.4 Å². The molecule has 280 valence electrons. The number of anilines is 1. The van der Waals surface area contributed by atoms with Gasteiger partial charge in [0.15, 0.2) is 0 Å². The lowest BCUT2D eigenvalue weighted by Crippen LogP contribution is -2.34. The van der Waals surface area contributed by atoms with Crippen LogP contribution in [0.1, 0.15) is 22.3 Å². The van der Waals surface area contributed by atoms with Crippen LogP contribution in [0.4, 0.5) is 10.5 Å². The quantitative estimate of drug-likeness (QED) is 0.122. The van der Waals surface area contributed by atoms with Crippen molar-refractivity contribution in [2.24, 2.45) is 0 Å². The van der Waals surface area contributed by atoms with E-state index >= 15 is 0 Å². The minimum Gasteiger partial charge on any atom is -0.497 e. The number of hydrogen-bond donors (Lipinski definition) is 2. The van der Waals surface area contributed by atoms with Crippen molar-refractivity contribution in [1.29, 1.82) is 0 Å². The Kier molecular flexibility index (Phi) is 17.1. The van der Waals surface area contributed by atoms with Crippen molar-refractivity contribution in [3.05, 3.63) is 141 Å². The van der Waals surface area contributed by atoms with E-state index in [-0.39, 0.29) is 6.03 Å². The molecule has 0 heterocycles. The van der Waals surface area contributed by atoms with Crippen LogP contribution < -0.4 is 29.6 Å². The molecule has 2 N–H and O–H groups in total. The molecule has 0 fully saturated rings. The maximum absolute atomic E-state index is 13.3. The molecule has 0 aliphatic rings. The summed E-state index contributed by atoms with van der Waals surface area (Å²) in [6, 6.07) is 28.0. The molecule has 14 heteroatoms. The summed E-state index contributed by atoms with van der Waals surface area (Å²) in [6.45, 7) is 2.22. The van der Waals surface area contributed by atoms with Crippen LogP contribution in [-0.2, 0) is 26.2 Å². The fourth-order valence-electron chi connectivity index (χ4n) is 4.94. The number of nitrogens with one attached hydrogen (secondary N) is 2. The second-order valence-electron chi connectivity index (χ2n) is 11.3. The molecule has 8 nitrogen and oxygen atoms in total. The molecule has 2 amide bonds. The number of hydrogen-bond acceptors (Lipinski definition) is 6. The standard InChI is InChI=1S/C23H20Br2Cl2N2O3.C16H17Br2NO2/c1-31-15-8-6-14(7-9-15)12-29(13-17-18(24)10-16(32-2)11-19(17)25)23(30)28-22-20(26)4-3-5-21(22)27;1-20-12-5-3-11(4-6-12)9-19-10-14-15(17)7-13(21-2)8-16(14)18/h3-11H,12-13H2,1-2H3,(H,28,30);3-8,19H,9-10H2,1-2H3. The first kappa shape index (κ1) is 42.8. The number of rotatable bonds is 13. The van der Waals surface area contributed by atoms with Gasteiger partial charge in [-0.25, -0.2) is 4.79 Å². The van der Waals surface area contributed by atoms with Gasteiger partial charge in [-0.1, -0.05) is 117 Å². The average molecular weight is 1020 g/mol. The number of para-hydroxylation sites is 1. The van der Waals surface area contributed by atoms with Crippen molar-refractivity contribution in [3.8, 4) is 23.0 Å². The van der Waals surface area contributed by atoms with E-state index in [1.54, 1.807) is 51.5 Å². The lowest BCUT2D eigenvalue weighted by atomic mass is 10.1. The molecule has 0 saturated carbocycles. The lowest BCUT2D eigenvalue weighted by molar-refractivity contribution is 0.206. The predicted octanol–water partition coefficient (Wildman–Crippen LogP) is 12.3. The molecular formula is C39H37Br4Cl2N3O5. The summed E-state index contributed by atoms with van der Waals surface area (Å²) in [4.78, 5) is 15.0. The van der Waals surface area contributed by atoms with Crippen molar-refractivity contribution >= 4 is 98.6 Å². The predicted molar refractivity (Wildman–Crippen MR) is 228 cm³/mol. The molecule has 53 heavy (non-hydrogen) atoms. The van der Waals surface area contributed by atoms with Gasteiger partial charge in [0.25, 0.3) is 0 Å². The first-order valence-electron chi connectivity index (χ1n) is 16.0. The summed E-state index contributed by atoms with van der Waals surface area (Å²) in [5.74, 6) is 3.14. The highest BCUT2D eigenvalue weighted by molar-refractivity contribution is 9.11. The van der Waals surface area contributed by atoms with Gasteiger partial charge in [0.2, 0.25) is 0 Å². The van der Waals surface area contributed by atoms with E-state index in [0.29, 0.717) is 34.6 Å². The SMILES string of the molecule is COc1ccc(CN(Cc2c(Br)cc(OC)cc2Br)C(=O)Nc2c(Cl)cccc2Cl)cc1.COc1ccc(CNCc2c(Br)cc(OC)cc2Br)cc1. The molecule has 0 spiro atoms. The molecule has 0 bridgehead atoms. The normalized spacial score (nSPS) is 10.5. The number of halogens is 6. The number of ether oxygens (including phenoxy) is 4. The molecule has 0 aromatic heterocycles. The maximum Gasteiger partial charge on any atom is 0.322 e. The van der Waals surface area contributed by atoms with Crippen LogP contribution in [0.3, 0.4) is 0 Å². The first-order chi connectivity index (χ1) is 25.5. The molecule has 0 saturated heterocycles. The van der Waals surface area contributed by atoms with E-state index in [2.05, 4.69) is 86.5 Å². The summed E-state index contributed by atoms with van der Waals surface area (Å²) in [5.41, 5.74) is 4.58. The minimum absolute atomic E-state index is 0.311. The Labute approximate surface area is 354 Å². The van der Waals surface area contributed by atoms with Gasteiger partial charge in [0.05, 0.1) is 50.7 Å². The number of carbonyl (C=O) groups excluding carboxylic acids is 1. The van der Waals surface area contributed by atoms with Crippen LogP contribution in [0.5, 0.6) is 23.0 Å². The third kappa shape index (κ3) is 12.5. The van der Waals surface area contributed by atoms with Gasteiger partial charge in [-0.15, -0.1) is 0 Å². The zero-order valence-electron chi connectivity index (χ0n) is 29.2. The Balaban J connectivity index is 0.000000258. The smallest absolute Gasteiger partial charge is 0.322 e. The van der Waals surface area contributed by atoms with Crippen LogP contribution in [0.25, 0.3) is 0 Å². The zero-order valence-corrected chi connectivity index (χ0v) is 37.1. The van der Waals surface area contributed by atoms with Gasteiger partial charge in [0.1, 0.15) is 23.0 Å². The highest BCUT2D eigenvalue weighted by Gasteiger charge is 2.21. The van der Waals surface area contributed by atoms with Crippen molar-refractivity contribution in [1.82, 2.24) is 10.2 Å². The fourth-order valence-corrected chi connectivity index (χ4v) is 8.25. The van der Waals surface area contributed by atoms with E-state index in [4.69, 9.17) is 42.1 Å². The van der Waals surface area contributed by atoms with Crippen molar-refractivity contribution in [3.63, 3.8) is 0 Å². The van der Waals surface area contributed by atoms with E-state index in [9.17, 15) is 4.79 Å². The zero-order chi connectivity index (χ0) is 38.5. The molecule has 0 atom stereocenters. The molecule has 5 aromatic carbocycles. The number of amides is 2. The van der Waals surface area contributed by atoms with Gasteiger partial charge in [0, 0.05) is 43.1 Å². The Hall–Kier alpha value is -2.97. The number of urea groups is 1.